The average Bonchev–Trinajstić information content (AvgIpc) is 2.88. The van der Waals surface area contributed by atoms with Crippen LogP contribution in [0.2, 0.25) is 0 Å². The minimum Gasteiger partial charge on any atom is -0.444 e. The van der Waals surface area contributed by atoms with Crippen molar-refractivity contribution in [3.8, 4) is 0 Å². The van der Waals surface area contributed by atoms with Crippen molar-refractivity contribution in [3.63, 3.8) is 0 Å². The molecule has 0 aromatic heterocycles. The first-order valence-electron chi connectivity index (χ1n) is 13.1. The third kappa shape index (κ3) is 14.0. The quantitative estimate of drug-likeness (QED) is 0.0912. The molecule has 0 spiro atoms. The lowest BCUT2D eigenvalue weighted by atomic mass is 10.0. The van der Waals surface area contributed by atoms with Gasteiger partial charge in [-0.3, -0.25) is 14.4 Å². The summed E-state index contributed by atoms with van der Waals surface area (Å²) in [4.78, 5) is 52.7. The maximum absolute atomic E-state index is 13.2. The van der Waals surface area contributed by atoms with Gasteiger partial charge in [0.1, 0.15) is 11.6 Å². The van der Waals surface area contributed by atoms with Gasteiger partial charge in [0.2, 0.25) is 11.8 Å². The molecule has 1 atom stereocenters. The Morgan fingerprint density at radius 3 is 2.46 bits per heavy atom. The van der Waals surface area contributed by atoms with Crippen molar-refractivity contribution in [2.45, 2.75) is 84.0 Å². The van der Waals surface area contributed by atoms with Crippen LogP contribution in [0.25, 0.3) is 10.4 Å². The highest BCUT2D eigenvalue weighted by molar-refractivity contribution is 5.98. The topological polar surface area (TPSA) is 200 Å². The summed E-state index contributed by atoms with van der Waals surface area (Å²) < 4.78 is 5.30. The number of unbranched alkanes of at least 4 members (excludes halogenated alkanes) is 2. The van der Waals surface area contributed by atoms with Crippen LogP contribution in [-0.4, -0.2) is 55.6 Å². The number of nitrogens with one attached hydrogen (secondary N) is 4. The molecule has 0 saturated heterocycles. The summed E-state index contributed by atoms with van der Waals surface area (Å²) in [6, 6.07) is 4.29. The Morgan fingerprint density at radius 1 is 1.08 bits per heavy atom. The largest absolute Gasteiger partial charge is 0.444 e. The van der Waals surface area contributed by atoms with Crippen LogP contribution < -0.4 is 27.0 Å². The van der Waals surface area contributed by atoms with Crippen molar-refractivity contribution in [2.24, 2.45) is 10.8 Å². The number of amides is 4. The zero-order valence-electron chi connectivity index (χ0n) is 23.3. The van der Waals surface area contributed by atoms with Crippen LogP contribution in [0.1, 0.15) is 80.8 Å². The van der Waals surface area contributed by atoms with Gasteiger partial charge in [0.05, 0.1) is 0 Å². The lowest BCUT2D eigenvalue weighted by Crippen LogP contribution is -2.46. The van der Waals surface area contributed by atoms with Crippen molar-refractivity contribution in [1.29, 1.82) is 0 Å². The van der Waals surface area contributed by atoms with Crippen molar-refractivity contribution in [1.82, 2.24) is 21.3 Å². The Bertz CT molecular complexity index is 1020. The number of alkyl carbamates (subject to hydrolysis) is 1. The molecule has 13 heteroatoms. The van der Waals surface area contributed by atoms with Crippen molar-refractivity contribution < 1.29 is 23.9 Å². The number of nitrogens with two attached hydrogens (primary N) is 1. The number of carbonyl (C=O) groups excluding carboxylic acids is 4. The molecule has 0 bridgehead atoms. The summed E-state index contributed by atoms with van der Waals surface area (Å²) in [6.07, 6.45) is 2.69. The standard InChI is InChI=1S/C26H42N8O5/c1-26(2,3)39-25(38)31-17-19-15-18(16-30-22(35)10-6-8-14-32-34-28)11-12-20(19)23(36)33-21(24(37)29-4)9-5-7-13-27/h11-12,15,21H,5-10,13-14,16-17,27H2,1-4H3,(H,29,37)(H,30,35)(H,31,38)(H,33,36)/t21-/m0/s1. The fourth-order valence-electron chi connectivity index (χ4n) is 3.58. The second-order valence-electron chi connectivity index (χ2n) is 9.96. The van der Waals surface area contributed by atoms with E-state index in [9.17, 15) is 19.2 Å². The van der Waals surface area contributed by atoms with E-state index < -0.39 is 23.6 Å². The molecule has 0 fully saturated rings. The van der Waals surface area contributed by atoms with E-state index in [-0.39, 0.29) is 30.5 Å². The van der Waals surface area contributed by atoms with E-state index >= 15 is 0 Å². The maximum atomic E-state index is 13.2. The first-order chi connectivity index (χ1) is 18.5. The summed E-state index contributed by atoms with van der Waals surface area (Å²) in [5.74, 6) is -0.933. The fourth-order valence-corrected chi connectivity index (χ4v) is 3.58. The first-order valence-corrected chi connectivity index (χ1v) is 13.1. The van der Waals surface area contributed by atoms with E-state index in [1.165, 1.54) is 7.05 Å². The van der Waals surface area contributed by atoms with E-state index in [1.807, 2.05) is 0 Å². The van der Waals surface area contributed by atoms with E-state index in [2.05, 4.69) is 31.3 Å². The van der Waals surface area contributed by atoms with Crippen LogP contribution >= 0.6 is 0 Å². The molecule has 0 aliphatic heterocycles. The molecule has 0 heterocycles. The number of carbonyl (C=O) groups is 4. The molecule has 6 N–H and O–H groups in total. The summed E-state index contributed by atoms with van der Waals surface area (Å²) in [6.45, 7) is 6.28. The molecule has 0 aliphatic carbocycles. The monoisotopic (exact) mass is 546 g/mol. The highest BCUT2D eigenvalue weighted by atomic mass is 16.6. The van der Waals surface area contributed by atoms with Gasteiger partial charge in [0.15, 0.2) is 0 Å². The number of ether oxygens (including phenoxy) is 1. The highest BCUT2D eigenvalue weighted by Crippen LogP contribution is 2.15. The fraction of sp³-hybridized carbons (Fsp3) is 0.615. The summed E-state index contributed by atoms with van der Waals surface area (Å²) in [5.41, 5.74) is 14.7. The lowest BCUT2D eigenvalue weighted by molar-refractivity contribution is -0.123. The highest BCUT2D eigenvalue weighted by Gasteiger charge is 2.22. The molecule has 39 heavy (non-hydrogen) atoms. The molecule has 1 aromatic rings. The molecule has 1 rings (SSSR count). The number of hydrogen-bond acceptors (Lipinski definition) is 7. The van der Waals surface area contributed by atoms with Gasteiger partial charge >= 0.3 is 6.09 Å². The Hall–Kier alpha value is -3.83. The van der Waals surface area contributed by atoms with Crippen molar-refractivity contribution in [2.75, 3.05) is 20.1 Å². The van der Waals surface area contributed by atoms with Gasteiger partial charge < -0.3 is 31.7 Å². The minimum atomic E-state index is -0.737. The lowest BCUT2D eigenvalue weighted by Gasteiger charge is -2.21. The van der Waals surface area contributed by atoms with E-state index in [0.29, 0.717) is 50.8 Å². The third-order valence-electron chi connectivity index (χ3n) is 5.52. The van der Waals surface area contributed by atoms with Gasteiger partial charge in [0, 0.05) is 43.6 Å². The van der Waals surface area contributed by atoms with Gasteiger partial charge in [0.25, 0.3) is 5.91 Å². The Balaban J connectivity index is 3.01. The summed E-state index contributed by atoms with van der Waals surface area (Å²) in [7, 11) is 1.50. The molecule has 13 nitrogen and oxygen atoms in total. The van der Waals surface area contributed by atoms with Crippen LogP contribution in [0, 0.1) is 0 Å². The number of nitrogens with zero attached hydrogens (tertiary/aromatic N) is 3. The molecule has 0 radical (unpaired) electrons. The molecule has 1 aromatic carbocycles. The van der Waals surface area contributed by atoms with Crippen LogP contribution in [0.15, 0.2) is 23.3 Å². The molecule has 4 amide bonds. The van der Waals surface area contributed by atoms with Gasteiger partial charge in [-0.1, -0.05) is 17.2 Å². The van der Waals surface area contributed by atoms with Crippen LogP contribution in [-0.2, 0) is 27.4 Å². The molecular formula is C26H42N8O5. The van der Waals surface area contributed by atoms with Gasteiger partial charge in [-0.2, -0.15) is 0 Å². The van der Waals surface area contributed by atoms with Gasteiger partial charge in [-0.25, -0.2) is 4.79 Å². The number of rotatable bonds is 16. The third-order valence-corrected chi connectivity index (χ3v) is 5.52. The predicted molar refractivity (Wildman–Crippen MR) is 147 cm³/mol. The SMILES string of the molecule is CNC(=O)[C@H](CCCCN)NC(=O)c1ccc(CNC(=O)CCCCN=[N+]=[N-])cc1CNC(=O)OC(C)(C)C. The number of azide groups is 1. The number of likely N-dealkylation sites (N-methyl/N-ethyl adjacent to an activating group) is 1. The Kier molecular flexibility index (Phi) is 15.0. The van der Waals surface area contributed by atoms with Crippen molar-refractivity contribution >= 4 is 23.8 Å². The molecule has 0 saturated carbocycles. The van der Waals surface area contributed by atoms with Gasteiger partial charge in [-0.05, 0) is 82.1 Å². The normalized spacial score (nSPS) is 11.5. The first kappa shape index (κ1) is 33.2. The zero-order valence-corrected chi connectivity index (χ0v) is 23.3. The molecule has 216 valence electrons. The number of hydrogen-bond donors (Lipinski definition) is 5. The molecule has 0 unspecified atom stereocenters. The Labute approximate surface area is 229 Å². The van der Waals surface area contributed by atoms with E-state index in [0.717, 1.165) is 12.0 Å². The zero-order chi connectivity index (χ0) is 29.3. The van der Waals surface area contributed by atoms with E-state index in [4.69, 9.17) is 16.0 Å². The molecule has 0 aliphatic rings. The van der Waals surface area contributed by atoms with Crippen LogP contribution in [0.3, 0.4) is 0 Å². The average molecular weight is 547 g/mol. The summed E-state index contributed by atoms with van der Waals surface area (Å²) >= 11 is 0. The summed E-state index contributed by atoms with van der Waals surface area (Å²) in [5, 5.41) is 14.3. The second kappa shape index (κ2) is 17.6. The van der Waals surface area contributed by atoms with Crippen LogP contribution in [0.5, 0.6) is 0 Å². The molecular weight excluding hydrogens is 504 g/mol. The smallest absolute Gasteiger partial charge is 0.407 e. The second-order valence-corrected chi connectivity index (χ2v) is 9.96. The number of benzene rings is 1. The Morgan fingerprint density at radius 2 is 1.82 bits per heavy atom. The minimum absolute atomic E-state index is 0.00330. The maximum Gasteiger partial charge on any atom is 0.407 e. The predicted octanol–water partition coefficient (Wildman–Crippen LogP) is 2.78. The van der Waals surface area contributed by atoms with E-state index in [1.54, 1.807) is 39.0 Å². The van der Waals surface area contributed by atoms with Crippen molar-refractivity contribution in [3.05, 3.63) is 45.3 Å². The van der Waals surface area contributed by atoms with Crippen LogP contribution in [0.4, 0.5) is 4.79 Å². The van der Waals surface area contributed by atoms with Gasteiger partial charge in [-0.15, -0.1) is 0 Å².